The van der Waals surface area contributed by atoms with Gasteiger partial charge in [0.05, 0.1) is 23.3 Å². The van der Waals surface area contributed by atoms with E-state index < -0.39 is 15.1 Å². The van der Waals surface area contributed by atoms with Crippen LogP contribution in [-0.4, -0.2) is 15.5 Å². The zero-order chi connectivity index (χ0) is 18.9. The zero-order valence-electron chi connectivity index (χ0n) is 15.0. The summed E-state index contributed by atoms with van der Waals surface area (Å²) in [5, 5.41) is 2.86. The summed E-state index contributed by atoms with van der Waals surface area (Å²) in [6, 6.07) is 24.1. The highest BCUT2D eigenvalue weighted by atomic mass is 32.2. The molecule has 0 saturated heterocycles. The molecule has 1 aliphatic heterocycles. The summed E-state index contributed by atoms with van der Waals surface area (Å²) >= 11 is 0. The van der Waals surface area contributed by atoms with Crippen LogP contribution >= 0.6 is 0 Å². The molecule has 0 unspecified atom stereocenters. The topological polar surface area (TPSA) is 55.4 Å². The van der Waals surface area contributed by atoms with Crippen LogP contribution in [0, 0.1) is 0 Å². The molecule has 27 heavy (non-hydrogen) atoms. The summed E-state index contributed by atoms with van der Waals surface area (Å²) in [7, 11) is -1.95. The molecule has 2 atom stereocenters. The predicted octanol–water partition coefficient (Wildman–Crippen LogP) is 4.77. The molecular formula is C22H21NO3S. The number of nitrogens with one attached hydrogen (secondary N) is 1. The summed E-state index contributed by atoms with van der Waals surface area (Å²) in [6.07, 6.45) is 0.460. The molecular weight excluding hydrogens is 358 g/mol. The van der Waals surface area contributed by atoms with Crippen LogP contribution in [0.25, 0.3) is 0 Å². The first-order valence-electron chi connectivity index (χ1n) is 8.88. The number of sulfone groups is 1. The van der Waals surface area contributed by atoms with E-state index in [9.17, 15) is 8.42 Å². The number of fused-ring (bicyclic) bond motifs is 1. The Morgan fingerprint density at radius 1 is 0.926 bits per heavy atom. The molecule has 0 radical (unpaired) electrons. The molecule has 4 rings (SSSR count). The first-order chi connectivity index (χ1) is 13.1. The van der Waals surface area contributed by atoms with Crippen LogP contribution in [0.3, 0.4) is 0 Å². The van der Waals surface area contributed by atoms with Gasteiger partial charge in [0.1, 0.15) is 5.75 Å². The summed E-state index contributed by atoms with van der Waals surface area (Å²) in [5.41, 5.74) is 2.66. The number of ether oxygens (including phenoxy) is 1. The highest BCUT2D eigenvalue weighted by molar-refractivity contribution is 7.91. The van der Waals surface area contributed by atoms with E-state index in [-0.39, 0.29) is 6.04 Å². The molecule has 3 aromatic rings. The average Bonchev–Trinajstić information content (AvgIpc) is 2.73. The van der Waals surface area contributed by atoms with Crippen molar-refractivity contribution in [2.75, 3.05) is 12.4 Å². The van der Waals surface area contributed by atoms with Gasteiger partial charge >= 0.3 is 0 Å². The second-order valence-electron chi connectivity index (χ2n) is 6.64. The Morgan fingerprint density at radius 3 is 2.26 bits per heavy atom. The summed E-state index contributed by atoms with van der Waals surface area (Å²) in [5.74, 6) is 0.655. The summed E-state index contributed by atoms with van der Waals surface area (Å²) in [6.45, 7) is 0. The van der Waals surface area contributed by atoms with Crippen molar-refractivity contribution in [2.24, 2.45) is 0 Å². The van der Waals surface area contributed by atoms with Gasteiger partial charge < -0.3 is 10.1 Å². The minimum atomic E-state index is -3.54. The quantitative estimate of drug-likeness (QED) is 0.710. The van der Waals surface area contributed by atoms with E-state index in [1.807, 2.05) is 54.6 Å². The Bertz CT molecular complexity index is 1030. The molecule has 0 bridgehead atoms. The zero-order valence-corrected chi connectivity index (χ0v) is 15.8. The molecule has 0 aliphatic carbocycles. The van der Waals surface area contributed by atoms with Gasteiger partial charge in [0.15, 0.2) is 9.84 Å². The molecule has 5 heteroatoms. The van der Waals surface area contributed by atoms with Gasteiger partial charge in [0, 0.05) is 5.69 Å². The fourth-order valence-corrected chi connectivity index (χ4v) is 5.47. The number of anilines is 1. The van der Waals surface area contributed by atoms with Gasteiger partial charge in [0.2, 0.25) is 0 Å². The van der Waals surface area contributed by atoms with E-state index in [0.29, 0.717) is 17.1 Å². The molecule has 1 N–H and O–H groups in total. The lowest BCUT2D eigenvalue weighted by Gasteiger charge is -2.33. The van der Waals surface area contributed by atoms with Gasteiger partial charge in [-0.3, -0.25) is 0 Å². The normalized spacial score (nSPS) is 19.0. The molecule has 3 aromatic carbocycles. The van der Waals surface area contributed by atoms with E-state index in [2.05, 4.69) is 5.32 Å². The van der Waals surface area contributed by atoms with Crippen LogP contribution in [-0.2, 0) is 9.84 Å². The van der Waals surface area contributed by atoms with Crippen molar-refractivity contribution in [3.8, 4) is 5.75 Å². The van der Waals surface area contributed by atoms with Crippen LogP contribution in [0.4, 0.5) is 5.69 Å². The van der Waals surface area contributed by atoms with E-state index in [1.165, 1.54) is 0 Å². The SMILES string of the molecule is COc1ccc2c(c1)[C@@H](S(=O)(=O)c1ccccc1)C[C@H](c1ccccc1)N2. The largest absolute Gasteiger partial charge is 0.497 e. The van der Waals surface area contributed by atoms with Crippen molar-refractivity contribution in [1.82, 2.24) is 0 Å². The molecule has 1 aliphatic rings. The van der Waals surface area contributed by atoms with Gasteiger partial charge in [-0.1, -0.05) is 48.5 Å². The monoisotopic (exact) mass is 379 g/mol. The van der Waals surface area contributed by atoms with Crippen LogP contribution in [0.15, 0.2) is 83.8 Å². The molecule has 0 saturated carbocycles. The third-order valence-corrected chi connectivity index (χ3v) is 7.16. The van der Waals surface area contributed by atoms with E-state index >= 15 is 0 Å². The van der Waals surface area contributed by atoms with Crippen molar-refractivity contribution in [3.63, 3.8) is 0 Å². The fraction of sp³-hybridized carbons (Fsp3) is 0.182. The third kappa shape index (κ3) is 3.30. The van der Waals surface area contributed by atoms with Crippen LogP contribution in [0.5, 0.6) is 5.75 Å². The van der Waals surface area contributed by atoms with Crippen molar-refractivity contribution >= 4 is 15.5 Å². The molecule has 0 amide bonds. The number of hydrogen-bond donors (Lipinski definition) is 1. The average molecular weight is 379 g/mol. The Hall–Kier alpha value is -2.79. The number of benzene rings is 3. The minimum absolute atomic E-state index is 0.0735. The van der Waals surface area contributed by atoms with Crippen LogP contribution < -0.4 is 10.1 Å². The maximum Gasteiger partial charge on any atom is 0.185 e. The highest BCUT2D eigenvalue weighted by Gasteiger charge is 2.37. The first-order valence-corrected chi connectivity index (χ1v) is 10.4. The fourth-order valence-electron chi connectivity index (χ4n) is 3.63. The molecule has 0 aromatic heterocycles. The van der Waals surface area contributed by atoms with Gasteiger partial charge in [-0.15, -0.1) is 0 Å². The standard InChI is InChI=1S/C22H21NO3S/c1-26-17-12-13-20-19(14-17)22(27(24,25)18-10-6-3-7-11-18)15-21(23-20)16-8-4-2-5-9-16/h2-14,21-23H,15H2,1H3/t21-,22+/m1/s1. The molecule has 0 fully saturated rings. The Kier molecular flexibility index (Phi) is 4.62. The summed E-state index contributed by atoms with van der Waals surface area (Å²) < 4.78 is 32.3. The lowest BCUT2D eigenvalue weighted by molar-refractivity contribution is 0.413. The van der Waals surface area contributed by atoms with Gasteiger partial charge in [-0.2, -0.15) is 0 Å². The van der Waals surface area contributed by atoms with Crippen molar-refractivity contribution in [2.45, 2.75) is 22.6 Å². The van der Waals surface area contributed by atoms with Crippen LogP contribution in [0.1, 0.15) is 28.8 Å². The lowest BCUT2D eigenvalue weighted by atomic mass is 9.93. The van der Waals surface area contributed by atoms with E-state index in [1.54, 1.807) is 31.4 Å². The van der Waals surface area contributed by atoms with Crippen molar-refractivity contribution in [3.05, 3.63) is 90.0 Å². The number of hydrogen-bond acceptors (Lipinski definition) is 4. The van der Waals surface area contributed by atoms with Gasteiger partial charge in [-0.25, -0.2) is 8.42 Å². The highest BCUT2D eigenvalue weighted by Crippen LogP contribution is 2.46. The smallest absolute Gasteiger partial charge is 0.185 e. The molecule has 138 valence electrons. The Balaban J connectivity index is 1.83. The first kappa shape index (κ1) is 17.6. The second kappa shape index (κ2) is 7.08. The lowest BCUT2D eigenvalue weighted by Crippen LogP contribution is -2.26. The Labute approximate surface area is 159 Å². The van der Waals surface area contributed by atoms with Crippen molar-refractivity contribution < 1.29 is 13.2 Å². The molecule has 1 heterocycles. The second-order valence-corrected chi connectivity index (χ2v) is 8.77. The number of methoxy groups -OCH3 is 1. The predicted molar refractivity (Wildman–Crippen MR) is 107 cm³/mol. The van der Waals surface area contributed by atoms with Crippen LogP contribution in [0.2, 0.25) is 0 Å². The maximum atomic E-state index is 13.5. The minimum Gasteiger partial charge on any atom is -0.497 e. The summed E-state index contributed by atoms with van der Waals surface area (Å²) in [4.78, 5) is 0.345. The molecule has 4 nitrogen and oxygen atoms in total. The van der Waals surface area contributed by atoms with Gasteiger partial charge in [0.25, 0.3) is 0 Å². The van der Waals surface area contributed by atoms with Crippen molar-refractivity contribution in [1.29, 1.82) is 0 Å². The number of rotatable bonds is 4. The van der Waals surface area contributed by atoms with E-state index in [4.69, 9.17) is 4.74 Å². The van der Waals surface area contributed by atoms with Gasteiger partial charge in [-0.05, 0) is 47.9 Å². The molecule has 0 spiro atoms. The van der Waals surface area contributed by atoms with E-state index in [0.717, 1.165) is 16.8 Å². The third-order valence-electron chi connectivity index (χ3n) is 5.03. The maximum absolute atomic E-state index is 13.5. The Morgan fingerprint density at radius 2 is 1.59 bits per heavy atom.